The van der Waals surface area contributed by atoms with Gasteiger partial charge >= 0.3 is 0 Å². The highest BCUT2D eigenvalue weighted by molar-refractivity contribution is 5.56. The second kappa shape index (κ2) is 6.19. The maximum atomic E-state index is 15.4. The van der Waals surface area contributed by atoms with Gasteiger partial charge in [0.1, 0.15) is 17.7 Å². The number of pyridine rings is 1. The third-order valence-electron chi connectivity index (χ3n) is 4.34. The summed E-state index contributed by atoms with van der Waals surface area (Å²) < 4.78 is 33.6. The lowest BCUT2D eigenvalue weighted by atomic mass is 10.1. The van der Waals surface area contributed by atoms with Gasteiger partial charge in [-0.2, -0.15) is 10.2 Å². The maximum Gasteiger partial charge on any atom is 0.266 e. The fourth-order valence-corrected chi connectivity index (χ4v) is 2.99. The Balaban J connectivity index is 1.59. The van der Waals surface area contributed by atoms with Crippen LogP contribution in [0.3, 0.4) is 0 Å². The summed E-state index contributed by atoms with van der Waals surface area (Å²) in [7, 11) is 0. The number of nitriles is 1. The van der Waals surface area contributed by atoms with Crippen molar-refractivity contribution in [2.24, 2.45) is 0 Å². The Bertz CT molecular complexity index is 982. The molecule has 4 rings (SSSR count). The molecule has 8 heteroatoms. The van der Waals surface area contributed by atoms with E-state index in [9.17, 15) is 9.65 Å². The van der Waals surface area contributed by atoms with Crippen LogP contribution in [0.4, 0.5) is 14.6 Å². The zero-order chi connectivity index (χ0) is 18.1. The number of hydrogen-bond donors (Lipinski definition) is 0. The van der Waals surface area contributed by atoms with Crippen molar-refractivity contribution in [3.8, 4) is 17.5 Å². The van der Waals surface area contributed by atoms with Gasteiger partial charge in [-0.15, -0.1) is 0 Å². The van der Waals surface area contributed by atoms with Crippen molar-refractivity contribution in [3.05, 3.63) is 59.9 Å². The second-order valence-corrected chi connectivity index (χ2v) is 6.05. The van der Waals surface area contributed by atoms with Gasteiger partial charge in [0.25, 0.3) is 5.89 Å². The zero-order valence-corrected chi connectivity index (χ0v) is 13.6. The quantitative estimate of drug-likeness (QED) is 0.719. The SMILES string of the molecule is N#Cc1cccnc1N1CCC(F)(c2nc(-c3ccc(F)cc3)no2)C1. The van der Waals surface area contributed by atoms with Gasteiger partial charge < -0.3 is 9.42 Å². The van der Waals surface area contributed by atoms with Crippen LogP contribution < -0.4 is 4.90 Å². The molecule has 1 atom stereocenters. The molecule has 1 saturated heterocycles. The van der Waals surface area contributed by atoms with Crippen molar-refractivity contribution in [2.75, 3.05) is 18.0 Å². The largest absolute Gasteiger partial charge is 0.352 e. The average Bonchev–Trinajstić information content (AvgIpc) is 3.31. The molecule has 2 aromatic heterocycles. The van der Waals surface area contributed by atoms with E-state index in [0.29, 0.717) is 23.5 Å². The number of alkyl halides is 1. The first kappa shape index (κ1) is 16.1. The van der Waals surface area contributed by atoms with E-state index in [4.69, 9.17) is 4.52 Å². The van der Waals surface area contributed by atoms with Crippen LogP contribution in [0.5, 0.6) is 0 Å². The predicted octanol–water partition coefficient (Wildman–Crippen LogP) is 3.22. The fraction of sp³-hybridized carbons (Fsp3) is 0.222. The van der Waals surface area contributed by atoms with Crippen molar-refractivity contribution < 1.29 is 13.3 Å². The van der Waals surface area contributed by atoms with Crippen LogP contribution in [0.25, 0.3) is 11.4 Å². The second-order valence-electron chi connectivity index (χ2n) is 6.05. The fourth-order valence-electron chi connectivity index (χ4n) is 2.99. The van der Waals surface area contributed by atoms with Gasteiger partial charge in [0, 0.05) is 24.7 Å². The molecule has 6 nitrogen and oxygen atoms in total. The minimum absolute atomic E-state index is 0.0380. The van der Waals surface area contributed by atoms with Gasteiger partial charge in [-0.05, 0) is 36.4 Å². The summed E-state index contributed by atoms with van der Waals surface area (Å²) in [6, 6.07) is 10.9. The third kappa shape index (κ3) is 2.77. The summed E-state index contributed by atoms with van der Waals surface area (Å²) in [5.74, 6) is 0.127. The molecule has 0 amide bonds. The summed E-state index contributed by atoms with van der Waals surface area (Å²) in [4.78, 5) is 10.0. The van der Waals surface area contributed by atoms with Crippen LogP contribution in [-0.4, -0.2) is 28.2 Å². The van der Waals surface area contributed by atoms with Crippen molar-refractivity contribution in [3.63, 3.8) is 0 Å². The molecule has 1 fully saturated rings. The van der Waals surface area contributed by atoms with Crippen LogP contribution in [0.1, 0.15) is 17.9 Å². The maximum absolute atomic E-state index is 15.4. The monoisotopic (exact) mass is 353 g/mol. The van der Waals surface area contributed by atoms with E-state index >= 15 is 4.39 Å². The molecule has 3 aromatic rings. The van der Waals surface area contributed by atoms with E-state index in [1.165, 1.54) is 24.3 Å². The minimum atomic E-state index is -1.84. The first-order valence-corrected chi connectivity index (χ1v) is 7.98. The van der Waals surface area contributed by atoms with Gasteiger partial charge in [0.05, 0.1) is 12.1 Å². The van der Waals surface area contributed by atoms with E-state index < -0.39 is 5.67 Å². The smallest absolute Gasteiger partial charge is 0.266 e. The molecule has 130 valence electrons. The average molecular weight is 353 g/mol. The molecule has 0 spiro atoms. The molecule has 0 aliphatic carbocycles. The van der Waals surface area contributed by atoms with Gasteiger partial charge in [0.15, 0.2) is 0 Å². The van der Waals surface area contributed by atoms with E-state index in [2.05, 4.69) is 21.2 Å². The molecule has 1 aliphatic rings. The molecular weight excluding hydrogens is 340 g/mol. The zero-order valence-electron chi connectivity index (χ0n) is 13.6. The molecule has 3 heterocycles. The molecule has 0 N–H and O–H groups in total. The summed E-state index contributed by atoms with van der Waals surface area (Å²) in [5.41, 5.74) is -0.916. The van der Waals surface area contributed by atoms with Crippen LogP contribution in [-0.2, 0) is 5.67 Å². The van der Waals surface area contributed by atoms with Crippen molar-refractivity contribution >= 4 is 5.82 Å². The third-order valence-corrected chi connectivity index (χ3v) is 4.34. The molecule has 1 aromatic carbocycles. The minimum Gasteiger partial charge on any atom is -0.352 e. The molecule has 0 radical (unpaired) electrons. The molecule has 0 bridgehead atoms. The normalized spacial score (nSPS) is 19.5. The number of aromatic nitrogens is 3. The number of rotatable bonds is 3. The predicted molar refractivity (Wildman–Crippen MR) is 88.3 cm³/mol. The molecule has 1 unspecified atom stereocenters. The number of nitrogens with zero attached hydrogens (tertiary/aromatic N) is 5. The standard InChI is InChI=1S/C18H13F2N5O/c19-14-5-3-12(4-6-14)15-23-17(26-24-15)18(20)7-9-25(11-18)16-13(10-21)2-1-8-22-16/h1-6,8H,7,9,11H2. The lowest BCUT2D eigenvalue weighted by Crippen LogP contribution is -2.28. The summed E-state index contributed by atoms with van der Waals surface area (Å²) in [5, 5.41) is 13.0. The van der Waals surface area contributed by atoms with Crippen molar-refractivity contribution in [1.82, 2.24) is 15.1 Å². The Morgan fingerprint density at radius 3 is 2.81 bits per heavy atom. The Hall–Kier alpha value is -3.34. The number of hydrogen-bond acceptors (Lipinski definition) is 6. The van der Waals surface area contributed by atoms with Crippen LogP contribution in [0, 0.1) is 17.1 Å². The molecular formula is C18H13F2N5O. The van der Waals surface area contributed by atoms with E-state index in [1.54, 1.807) is 23.2 Å². The van der Waals surface area contributed by atoms with Gasteiger partial charge in [-0.1, -0.05) is 5.16 Å². The molecule has 1 aliphatic heterocycles. The summed E-state index contributed by atoms with van der Waals surface area (Å²) in [6.45, 7) is 0.334. The Morgan fingerprint density at radius 2 is 2.04 bits per heavy atom. The first-order valence-electron chi connectivity index (χ1n) is 7.98. The molecule has 26 heavy (non-hydrogen) atoms. The van der Waals surface area contributed by atoms with Crippen LogP contribution in [0.15, 0.2) is 47.1 Å². The number of anilines is 1. The van der Waals surface area contributed by atoms with E-state index in [1.807, 2.05) is 0 Å². The Kier molecular flexibility index (Phi) is 3.84. The van der Waals surface area contributed by atoms with Gasteiger partial charge in [-0.25, -0.2) is 13.8 Å². The molecule has 0 saturated carbocycles. The van der Waals surface area contributed by atoms with Crippen molar-refractivity contribution in [2.45, 2.75) is 12.1 Å². The van der Waals surface area contributed by atoms with Crippen molar-refractivity contribution in [1.29, 1.82) is 5.26 Å². The Labute approximate surface area is 147 Å². The van der Waals surface area contributed by atoms with E-state index in [0.717, 1.165) is 0 Å². The Morgan fingerprint density at radius 1 is 1.23 bits per heavy atom. The lowest BCUT2D eigenvalue weighted by Gasteiger charge is -2.19. The van der Waals surface area contributed by atoms with Gasteiger partial charge in [-0.3, -0.25) is 0 Å². The lowest BCUT2D eigenvalue weighted by molar-refractivity contribution is 0.136. The highest BCUT2D eigenvalue weighted by Crippen LogP contribution is 2.38. The van der Waals surface area contributed by atoms with E-state index in [-0.39, 0.29) is 30.5 Å². The number of halogens is 2. The van der Waals surface area contributed by atoms with Crippen LogP contribution in [0.2, 0.25) is 0 Å². The summed E-state index contributed by atoms with van der Waals surface area (Å²) in [6.07, 6.45) is 1.70. The topological polar surface area (TPSA) is 78.8 Å². The van der Waals surface area contributed by atoms with Gasteiger partial charge in [0.2, 0.25) is 11.5 Å². The first-order chi connectivity index (χ1) is 12.6. The summed E-state index contributed by atoms with van der Waals surface area (Å²) >= 11 is 0. The number of benzene rings is 1. The highest BCUT2D eigenvalue weighted by Gasteiger charge is 2.45. The highest BCUT2D eigenvalue weighted by atomic mass is 19.1. The van der Waals surface area contributed by atoms with Crippen LogP contribution >= 0.6 is 0 Å².